The van der Waals surface area contributed by atoms with Crippen molar-refractivity contribution in [2.75, 3.05) is 26.1 Å². The van der Waals surface area contributed by atoms with Crippen molar-refractivity contribution in [2.24, 2.45) is 0 Å². The molecular formula is C20H25NO4. The first-order valence-electron chi connectivity index (χ1n) is 8.09. The summed E-state index contributed by atoms with van der Waals surface area (Å²) >= 11 is 0. The standard InChI is InChI=1S/C20H25NO4/c1-20(2,3)15-8-6-7-9-17(15)25-13-19(22)21-16-12-14(23-4)10-11-18(16)24-5/h6-12H,13H2,1-5H3,(H,21,22). The minimum Gasteiger partial charge on any atom is -0.497 e. The number of benzene rings is 2. The number of methoxy groups -OCH3 is 2. The van der Waals surface area contributed by atoms with Crippen LogP contribution in [0, 0.1) is 0 Å². The molecule has 0 spiro atoms. The monoisotopic (exact) mass is 343 g/mol. The largest absolute Gasteiger partial charge is 0.497 e. The van der Waals surface area contributed by atoms with Gasteiger partial charge in [0.2, 0.25) is 0 Å². The Morgan fingerprint density at radius 1 is 1.00 bits per heavy atom. The van der Waals surface area contributed by atoms with Crippen LogP contribution >= 0.6 is 0 Å². The highest BCUT2D eigenvalue weighted by atomic mass is 16.5. The van der Waals surface area contributed by atoms with Gasteiger partial charge in [0, 0.05) is 6.07 Å². The van der Waals surface area contributed by atoms with E-state index in [0.29, 0.717) is 22.9 Å². The second-order valence-electron chi connectivity index (χ2n) is 6.65. The van der Waals surface area contributed by atoms with Crippen molar-refractivity contribution in [2.45, 2.75) is 26.2 Å². The van der Waals surface area contributed by atoms with Crippen molar-refractivity contribution in [3.8, 4) is 17.2 Å². The zero-order valence-electron chi connectivity index (χ0n) is 15.4. The first kappa shape index (κ1) is 18.6. The van der Waals surface area contributed by atoms with Crippen molar-refractivity contribution in [1.82, 2.24) is 0 Å². The van der Waals surface area contributed by atoms with Crippen molar-refractivity contribution in [1.29, 1.82) is 0 Å². The fourth-order valence-electron chi connectivity index (χ4n) is 2.45. The third-order valence-corrected chi connectivity index (χ3v) is 3.73. The van der Waals surface area contributed by atoms with Crippen LogP contribution in [-0.2, 0) is 10.2 Å². The minimum atomic E-state index is -0.268. The Morgan fingerprint density at radius 2 is 1.72 bits per heavy atom. The van der Waals surface area contributed by atoms with E-state index in [2.05, 4.69) is 26.1 Å². The summed E-state index contributed by atoms with van der Waals surface area (Å²) < 4.78 is 16.2. The molecule has 0 aliphatic carbocycles. The normalized spacial score (nSPS) is 10.9. The van der Waals surface area contributed by atoms with Gasteiger partial charge in [0.05, 0.1) is 19.9 Å². The zero-order valence-corrected chi connectivity index (χ0v) is 15.4. The highest BCUT2D eigenvalue weighted by molar-refractivity contribution is 5.93. The van der Waals surface area contributed by atoms with Gasteiger partial charge in [-0.3, -0.25) is 4.79 Å². The highest BCUT2D eigenvalue weighted by Gasteiger charge is 2.19. The maximum absolute atomic E-state index is 12.3. The molecule has 1 N–H and O–H groups in total. The van der Waals surface area contributed by atoms with E-state index in [9.17, 15) is 4.79 Å². The van der Waals surface area contributed by atoms with Gasteiger partial charge in [-0.15, -0.1) is 0 Å². The van der Waals surface area contributed by atoms with E-state index in [1.54, 1.807) is 32.4 Å². The summed E-state index contributed by atoms with van der Waals surface area (Å²) in [6.45, 7) is 6.23. The van der Waals surface area contributed by atoms with Gasteiger partial charge in [-0.05, 0) is 29.2 Å². The molecule has 0 saturated carbocycles. The lowest BCUT2D eigenvalue weighted by molar-refractivity contribution is -0.118. The number of hydrogen-bond donors (Lipinski definition) is 1. The molecule has 0 saturated heterocycles. The van der Waals surface area contributed by atoms with Gasteiger partial charge < -0.3 is 19.5 Å². The first-order chi connectivity index (χ1) is 11.8. The second kappa shape index (κ2) is 7.92. The molecule has 0 radical (unpaired) electrons. The molecule has 1 amide bonds. The van der Waals surface area contributed by atoms with E-state index in [0.717, 1.165) is 5.56 Å². The van der Waals surface area contributed by atoms with Gasteiger partial charge in [0.15, 0.2) is 6.61 Å². The van der Waals surface area contributed by atoms with Gasteiger partial charge in [0.25, 0.3) is 5.91 Å². The number of anilines is 1. The molecule has 0 heterocycles. The number of para-hydroxylation sites is 1. The Kier molecular flexibility index (Phi) is 5.91. The van der Waals surface area contributed by atoms with Crippen LogP contribution in [0.15, 0.2) is 42.5 Å². The molecule has 0 bridgehead atoms. The topological polar surface area (TPSA) is 56.8 Å². The lowest BCUT2D eigenvalue weighted by Gasteiger charge is -2.22. The maximum Gasteiger partial charge on any atom is 0.262 e. The minimum absolute atomic E-state index is 0.0664. The van der Waals surface area contributed by atoms with E-state index in [4.69, 9.17) is 14.2 Å². The number of carbonyl (C=O) groups is 1. The first-order valence-corrected chi connectivity index (χ1v) is 8.09. The number of nitrogens with one attached hydrogen (secondary N) is 1. The summed E-state index contributed by atoms with van der Waals surface area (Å²) in [5.41, 5.74) is 1.53. The maximum atomic E-state index is 12.3. The Morgan fingerprint density at radius 3 is 2.36 bits per heavy atom. The third kappa shape index (κ3) is 4.89. The number of carbonyl (C=O) groups excluding carboxylic acids is 1. The molecule has 2 aromatic rings. The van der Waals surface area contributed by atoms with Gasteiger partial charge in [-0.25, -0.2) is 0 Å². The van der Waals surface area contributed by atoms with Gasteiger partial charge in [-0.2, -0.15) is 0 Å². The molecule has 0 aliphatic heterocycles. The SMILES string of the molecule is COc1ccc(OC)c(NC(=O)COc2ccccc2C(C)(C)C)c1. The summed E-state index contributed by atoms with van der Waals surface area (Å²) in [7, 11) is 3.12. The average Bonchev–Trinajstić information content (AvgIpc) is 2.59. The summed E-state index contributed by atoms with van der Waals surface area (Å²) in [5.74, 6) is 1.64. The van der Waals surface area contributed by atoms with Gasteiger partial charge in [0.1, 0.15) is 17.2 Å². The van der Waals surface area contributed by atoms with Crippen LogP contribution in [0.4, 0.5) is 5.69 Å². The second-order valence-corrected chi connectivity index (χ2v) is 6.65. The van der Waals surface area contributed by atoms with E-state index in [1.807, 2.05) is 24.3 Å². The Hall–Kier alpha value is -2.69. The lowest BCUT2D eigenvalue weighted by Crippen LogP contribution is -2.22. The molecule has 0 atom stereocenters. The van der Waals surface area contributed by atoms with Crippen LogP contribution in [0.2, 0.25) is 0 Å². The fraction of sp³-hybridized carbons (Fsp3) is 0.350. The Balaban J connectivity index is 2.08. The van der Waals surface area contributed by atoms with Crippen LogP contribution in [0.3, 0.4) is 0 Å². The smallest absolute Gasteiger partial charge is 0.262 e. The predicted molar refractivity (Wildman–Crippen MR) is 98.8 cm³/mol. The van der Waals surface area contributed by atoms with E-state index >= 15 is 0 Å². The molecule has 5 heteroatoms. The summed E-state index contributed by atoms with van der Waals surface area (Å²) in [5, 5.41) is 2.80. The lowest BCUT2D eigenvalue weighted by atomic mass is 9.86. The molecule has 0 unspecified atom stereocenters. The summed E-state index contributed by atoms with van der Waals surface area (Å²) in [4.78, 5) is 12.3. The van der Waals surface area contributed by atoms with Crippen LogP contribution < -0.4 is 19.5 Å². The highest BCUT2D eigenvalue weighted by Crippen LogP contribution is 2.31. The summed E-state index contributed by atoms with van der Waals surface area (Å²) in [6.07, 6.45) is 0. The quantitative estimate of drug-likeness (QED) is 0.861. The van der Waals surface area contributed by atoms with Gasteiger partial charge >= 0.3 is 0 Å². The number of ether oxygens (including phenoxy) is 3. The van der Waals surface area contributed by atoms with Gasteiger partial charge in [-0.1, -0.05) is 39.0 Å². The summed E-state index contributed by atoms with van der Waals surface area (Å²) in [6, 6.07) is 13.0. The molecule has 25 heavy (non-hydrogen) atoms. The molecular weight excluding hydrogens is 318 g/mol. The number of amides is 1. The molecule has 134 valence electrons. The molecule has 2 rings (SSSR count). The van der Waals surface area contributed by atoms with Crippen molar-refractivity contribution < 1.29 is 19.0 Å². The van der Waals surface area contributed by atoms with Crippen LogP contribution in [0.5, 0.6) is 17.2 Å². The average molecular weight is 343 g/mol. The van der Waals surface area contributed by atoms with E-state index < -0.39 is 0 Å². The number of hydrogen-bond acceptors (Lipinski definition) is 4. The Bertz CT molecular complexity index is 735. The van der Waals surface area contributed by atoms with E-state index in [1.165, 1.54) is 0 Å². The van der Waals surface area contributed by atoms with Crippen LogP contribution in [0.25, 0.3) is 0 Å². The van der Waals surface area contributed by atoms with Crippen molar-refractivity contribution in [3.05, 3.63) is 48.0 Å². The molecule has 5 nitrogen and oxygen atoms in total. The zero-order chi connectivity index (χ0) is 18.4. The predicted octanol–water partition coefficient (Wildman–Crippen LogP) is 4.02. The van der Waals surface area contributed by atoms with Crippen LogP contribution in [0.1, 0.15) is 26.3 Å². The third-order valence-electron chi connectivity index (χ3n) is 3.73. The molecule has 0 aromatic heterocycles. The van der Waals surface area contributed by atoms with E-state index in [-0.39, 0.29) is 17.9 Å². The molecule has 0 fully saturated rings. The van der Waals surface area contributed by atoms with Crippen LogP contribution in [-0.4, -0.2) is 26.7 Å². The van der Waals surface area contributed by atoms with Crippen molar-refractivity contribution >= 4 is 11.6 Å². The fourth-order valence-corrected chi connectivity index (χ4v) is 2.45. The Labute approximate surface area is 148 Å². The molecule has 2 aromatic carbocycles. The molecule has 0 aliphatic rings. The van der Waals surface area contributed by atoms with Crippen molar-refractivity contribution in [3.63, 3.8) is 0 Å². The number of rotatable bonds is 6.